The fraction of sp³-hybridized carbons (Fsp3) is 0.476. The third kappa shape index (κ3) is 4.05. The van der Waals surface area contributed by atoms with Gasteiger partial charge < -0.3 is 15.0 Å². The van der Waals surface area contributed by atoms with E-state index in [4.69, 9.17) is 4.74 Å². The number of nitrogens with zero attached hydrogens (tertiary/aromatic N) is 2. The third-order valence-corrected chi connectivity index (χ3v) is 5.51. The van der Waals surface area contributed by atoms with Crippen LogP contribution in [-0.4, -0.2) is 60.2 Å². The maximum atomic E-state index is 12.5. The van der Waals surface area contributed by atoms with Crippen molar-refractivity contribution in [1.82, 2.24) is 10.2 Å². The Balaban J connectivity index is 1.56. The van der Waals surface area contributed by atoms with Crippen LogP contribution in [0.5, 0.6) is 0 Å². The number of carbonyl (C=O) groups is 5. The second-order valence-corrected chi connectivity index (χ2v) is 7.81. The second kappa shape index (κ2) is 8.25. The standard InChI is InChI=1S/C21H25N3O6/c1-4-5-8-21(2)19(28)24(20(29)22-21)11-18(27)30-12-16(25)13-6-7-15-14(9-13)10-17(26)23(15)3/h6-7,9H,4-5,8,10-12H2,1-3H3,(H,22,29)/t21-/m1/s1. The summed E-state index contributed by atoms with van der Waals surface area (Å²) in [6.45, 7) is 2.54. The average Bonchev–Trinajstić information content (AvgIpc) is 3.11. The highest BCUT2D eigenvalue weighted by atomic mass is 16.5. The molecule has 1 atom stereocenters. The Kier molecular flexibility index (Phi) is 5.91. The Morgan fingerprint density at radius 2 is 1.97 bits per heavy atom. The van der Waals surface area contributed by atoms with E-state index in [1.54, 1.807) is 32.2 Å². The van der Waals surface area contributed by atoms with E-state index in [1.807, 2.05) is 6.92 Å². The minimum Gasteiger partial charge on any atom is -0.456 e. The molecule has 160 valence electrons. The van der Waals surface area contributed by atoms with Gasteiger partial charge >= 0.3 is 12.0 Å². The first-order chi connectivity index (χ1) is 14.2. The van der Waals surface area contributed by atoms with Gasteiger partial charge in [-0.25, -0.2) is 4.79 Å². The van der Waals surface area contributed by atoms with Crippen LogP contribution in [-0.2, 0) is 25.5 Å². The molecule has 0 radical (unpaired) electrons. The molecule has 4 amide bonds. The highest BCUT2D eigenvalue weighted by Gasteiger charge is 2.47. The summed E-state index contributed by atoms with van der Waals surface area (Å²) in [6.07, 6.45) is 2.33. The Labute approximate surface area is 174 Å². The maximum Gasteiger partial charge on any atom is 0.326 e. The number of urea groups is 1. The van der Waals surface area contributed by atoms with Gasteiger partial charge in [-0.05, 0) is 37.1 Å². The fourth-order valence-corrected chi connectivity index (χ4v) is 3.64. The van der Waals surface area contributed by atoms with Gasteiger partial charge in [-0.3, -0.25) is 24.1 Å². The van der Waals surface area contributed by atoms with E-state index >= 15 is 0 Å². The topological polar surface area (TPSA) is 113 Å². The number of anilines is 1. The minimum absolute atomic E-state index is 0.0551. The highest BCUT2D eigenvalue weighted by Crippen LogP contribution is 2.28. The molecule has 0 bridgehead atoms. The smallest absolute Gasteiger partial charge is 0.326 e. The van der Waals surface area contributed by atoms with Crippen LogP contribution in [0.3, 0.4) is 0 Å². The number of nitrogens with one attached hydrogen (secondary N) is 1. The number of Topliss-reactive ketones (excluding diaryl/α,β-unsaturated/α-hetero) is 1. The Morgan fingerprint density at radius 3 is 2.67 bits per heavy atom. The zero-order valence-electron chi connectivity index (χ0n) is 17.3. The van der Waals surface area contributed by atoms with Crippen LogP contribution >= 0.6 is 0 Å². The van der Waals surface area contributed by atoms with Crippen molar-refractivity contribution in [1.29, 1.82) is 0 Å². The molecule has 0 unspecified atom stereocenters. The van der Waals surface area contributed by atoms with Gasteiger partial charge in [0.05, 0.1) is 6.42 Å². The summed E-state index contributed by atoms with van der Waals surface area (Å²) in [5.41, 5.74) is 0.786. The van der Waals surface area contributed by atoms with Gasteiger partial charge in [-0.15, -0.1) is 0 Å². The normalized spacial score (nSPS) is 20.4. The number of imide groups is 1. The summed E-state index contributed by atoms with van der Waals surface area (Å²) in [7, 11) is 1.67. The molecule has 9 nitrogen and oxygen atoms in total. The van der Waals surface area contributed by atoms with E-state index in [1.165, 1.54) is 4.90 Å². The van der Waals surface area contributed by atoms with Gasteiger partial charge in [0.1, 0.15) is 12.1 Å². The number of unbranched alkanes of at least 4 members (excludes halogenated alkanes) is 1. The van der Waals surface area contributed by atoms with Crippen LogP contribution in [0.4, 0.5) is 10.5 Å². The third-order valence-electron chi connectivity index (χ3n) is 5.51. The summed E-state index contributed by atoms with van der Waals surface area (Å²) in [5, 5.41) is 2.62. The van der Waals surface area contributed by atoms with Gasteiger partial charge in [0.15, 0.2) is 12.4 Å². The highest BCUT2D eigenvalue weighted by molar-refractivity contribution is 6.08. The summed E-state index contributed by atoms with van der Waals surface area (Å²) in [5.74, 6) is -1.81. The van der Waals surface area contributed by atoms with Crippen molar-refractivity contribution < 1.29 is 28.7 Å². The van der Waals surface area contributed by atoms with Gasteiger partial charge in [-0.1, -0.05) is 19.8 Å². The molecule has 3 rings (SSSR count). The molecule has 0 spiro atoms. The van der Waals surface area contributed by atoms with E-state index < -0.39 is 42.4 Å². The van der Waals surface area contributed by atoms with Crippen LogP contribution in [0.25, 0.3) is 0 Å². The van der Waals surface area contributed by atoms with Crippen LogP contribution in [0.15, 0.2) is 18.2 Å². The lowest BCUT2D eigenvalue weighted by atomic mass is 9.95. The summed E-state index contributed by atoms with van der Waals surface area (Å²) < 4.78 is 4.99. The molecule has 2 aliphatic heterocycles. The largest absolute Gasteiger partial charge is 0.456 e. The Morgan fingerprint density at radius 1 is 1.23 bits per heavy atom. The lowest BCUT2D eigenvalue weighted by Gasteiger charge is -2.21. The first-order valence-electron chi connectivity index (χ1n) is 9.88. The van der Waals surface area contributed by atoms with Gasteiger partial charge in [0.25, 0.3) is 5.91 Å². The van der Waals surface area contributed by atoms with Crippen LogP contribution in [0, 0.1) is 0 Å². The molecule has 2 aliphatic rings. The molecule has 0 aromatic heterocycles. The predicted molar refractivity (Wildman–Crippen MR) is 107 cm³/mol. The van der Waals surface area contributed by atoms with Crippen molar-refractivity contribution in [3.8, 4) is 0 Å². The first-order valence-corrected chi connectivity index (χ1v) is 9.88. The molecule has 0 aliphatic carbocycles. The number of amides is 4. The summed E-state index contributed by atoms with van der Waals surface area (Å²) >= 11 is 0. The van der Waals surface area contributed by atoms with Crippen molar-refractivity contribution in [2.45, 2.75) is 45.1 Å². The Hall–Kier alpha value is -3.23. The second-order valence-electron chi connectivity index (χ2n) is 7.81. The Bertz CT molecular complexity index is 927. The number of likely N-dealkylation sites (N-methyl/N-ethyl adjacent to an activating group) is 1. The van der Waals surface area contributed by atoms with Crippen molar-refractivity contribution in [2.75, 3.05) is 25.1 Å². The number of carbonyl (C=O) groups excluding carboxylic acids is 5. The first kappa shape index (κ1) is 21.5. The number of hydrogen-bond donors (Lipinski definition) is 1. The monoisotopic (exact) mass is 415 g/mol. The van der Waals surface area contributed by atoms with E-state index in [0.29, 0.717) is 12.0 Å². The molecule has 0 saturated carbocycles. The minimum atomic E-state index is -1.03. The SMILES string of the molecule is CCCC[C@@]1(C)NC(=O)N(CC(=O)OCC(=O)c2ccc3c(c2)CC(=O)N3C)C1=O. The zero-order valence-corrected chi connectivity index (χ0v) is 17.3. The molecular weight excluding hydrogens is 390 g/mol. The van der Waals surface area contributed by atoms with Crippen LogP contribution in [0.2, 0.25) is 0 Å². The number of rotatable bonds is 8. The van der Waals surface area contributed by atoms with Crippen molar-refractivity contribution in [2.24, 2.45) is 0 Å². The summed E-state index contributed by atoms with van der Waals surface area (Å²) in [4.78, 5) is 63.2. The van der Waals surface area contributed by atoms with Crippen LogP contribution in [0.1, 0.15) is 49.0 Å². The molecule has 1 fully saturated rings. The molecule has 9 heteroatoms. The number of fused-ring (bicyclic) bond motifs is 1. The van der Waals surface area contributed by atoms with Crippen LogP contribution < -0.4 is 10.2 Å². The summed E-state index contributed by atoms with van der Waals surface area (Å²) in [6, 6.07) is 4.22. The average molecular weight is 415 g/mol. The van der Waals surface area contributed by atoms with Gasteiger partial charge in [0.2, 0.25) is 5.91 Å². The maximum absolute atomic E-state index is 12.5. The quantitative estimate of drug-likeness (QED) is 0.390. The van der Waals surface area contributed by atoms with E-state index in [2.05, 4.69) is 5.32 Å². The van der Waals surface area contributed by atoms with Crippen molar-refractivity contribution in [3.63, 3.8) is 0 Å². The number of ketones is 1. The van der Waals surface area contributed by atoms with Crippen molar-refractivity contribution in [3.05, 3.63) is 29.3 Å². The van der Waals surface area contributed by atoms with Crippen molar-refractivity contribution >= 4 is 35.3 Å². The number of hydrogen-bond acceptors (Lipinski definition) is 6. The number of esters is 1. The van der Waals surface area contributed by atoms with E-state index in [0.717, 1.165) is 29.0 Å². The molecule has 1 aromatic rings. The number of ether oxygens (including phenoxy) is 1. The molecule has 30 heavy (non-hydrogen) atoms. The molecule has 2 heterocycles. The molecular formula is C21H25N3O6. The predicted octanol–water partition coefficient (Wildman–Crippen LogP) is 1.43. The lowest BCUT2D eigenvalue weighted by molar-refractivity contribution is -0.146. The van der Waals surface area contributed by atoms with E-state index in [-0.39, 0.29) is 12.3 Å². The van der Waals surface area contributed by atoms with Gasteiger partial charge in [0, 0.05) is 18.3 Å². The molecule has 1 aromatic carbocycles. The molecule has 1 saturated heterocycles. The van der Waals surface area contributed by atoms with Gasteiger partial charge in [-0.2, -0.15) is 0 Å². The lowest BCUT2D eigenvalue weighted by Crippen LogP contribution is -2.44. The number of benzene rings is 1. The van der Waals surface area contributed by atoms with E-state index in [9.17, 15) is 24.0 Å². The molecule has 1 N–H and O–H groups in total. The zero-order chi connectivity index (χ0) is 22.1. The fourth-order valence-electron chi connectivity index (χ4n) is 3.64.